The minimum Gasteiger partial charge on any atom is -0.324 e. The molecule has 0 fully saturated rings. The molecule has 0 bridgehead atoms. The first-order valence-electron chi connectivity index (χ1n) is 6.13. The van der Waals surface area contributed by atoms with Crippen molar-refractivity contribution in [3.05, 3.63) is 34.9 Å². The highest BCUT2D eigenvalue weighted by Crippen LogP contribution is 2.28. The maximum atomic E-state index is 6.30. The normalized spacial score (nSPS) is 13.9. The molecule has 1 aromatic carbocycles. The Bertz CT molecular complexity index is 327. The van der Waals surface area contributed by atoms with Crippen molar-refractivity contribution in [1.29, 1.82) is 0 Å². The van der Waals surface area contributed by atoms with E-state index in [4.69, 9.17) is 5.73 Å². The van der Waals surface area contributed by atoms with Crippen LogP contribution in [0.3, 0.4) is 0 Å². The third kappa shape index (κ3) is 3.64. The van der Waals surface area contributed by atoms with Crippen LogP contribution < -0.4 is 5.73 Å². The van der Waals surface area contributed by atoms with Gasteiger partial charge in [-0.2, -0.15) is 0 Å². The molecule has 1 unspecified atom stereocenters. The molecular formula is C15H25N. The summed E-state index contributed by atoms with van der Waals surface area (Å²) in [6.07, 6.45) is 2.23. The molecule has 0 aromatic heterocycles. The number of aryl methyl sites for hydroxylation is 2. The Labute approximate surface area is 100 Å². The summed E-state index contributed by atoms with van der Waals surface area (Å²) < 4.78 is 0. The van der Waals surface area contributed by atoms with E-state index < -0.39 is 0 Å². The number of rotatable bonds is 3. The van der Waals surface area contributed by atoms with Gasteiger partial charge in [0.1, 0.15) is 0 Å². The molecule has 0 saturated carbocycles. The molecule has 0 saturated heterocycles. The fourth-order valence-corrected chi connectivity index (χ4v) is 2.15. The molecule has 0 aliphatic carbocycles. The van der Waals surface area contributed by atoms with E-state index in [1.54, 1.807) is 0 Å². The number of hydrogen-bond donors (Lipinski definition) is 1. The predicted octanol–water partition coefficient (Wildman–Crippen LogP) is 4.13. The van der Waals surface area contributed by atoms with Crippen LogP contribution in [0.1, 0.15) is 56.3 Å². The second-order valence-corrected chi connectivity index (χ2v) is 6.01. The lowest BCUT2D eigenvalue weighted by Crippen LogP contribution is -2.16. The molecular weight excluding hydrogens is 194 g/mol. The average Bonchev–Trinajstić information content (AvgIpc) is 2.13. The summed E-state index contributed by atoms with van der Waals surface area (Å²) in [5.74, 6) is 0. The number of nitrogens with two attached hydrogens (primary N) is 1. The van der Waals surface area contributed by atoms with Crippen LogP contribution in [-0.4, -0.2) is 0 Å². The van der Waals surface area contributed by atoms with Crippen molar-refractivity contribution in [2.75, 3.05) is 0 Å². The molecule has 1 atom stereocenters. The van der Waals surface area contributed by atoms with E-state index in [1.165, 1.54) is 23.1 Å². The Hall–Kier alpha value is -0.820. The van der Waals surface area contributed by atoms with Crippen LogP contribution in [0.2, 0.25) is 0 Å². The molecule has 1 heteroatoms. The maximum Gasteiger partial charge on any atom is 0.0300 e. The second kappa shape index (κ2) is 5.01. The number of benzene rings is 1. The fourth-order valence-electron chi connectivity index (χ4n) is 2.15. The van der Waals surface area contributed by atoms with Crippen LogP contribution in [0.25, 0.3) is 0 Å². The minimum atomic E-state index is 0.181. The van der Waals surface area contributed by atoms with Gasteiger partial charge in [-0.05, 0) is 48.8 Å². The van der Waals surface area contributed by atoms with Gasteiger partial charge in [0.2, 0.25) is 0 Å². The fraction of sp³-hybridized carbons (Fsp3) is 0.600. The van der Waals surface area contributed by atoms with Crippen LogP contribution in [0.4, 0.5) is 0 Å². The molecule has 0 heterocycles. The van der Waals surface area contributed by atoms with Crippen LogP contribution in [0.15, 0.2) is 18.2 Å². The van der Waals surface area contributed by atoms with Crippen LogP contribution in [0.5, 0.6) is 0 Å². The molecule has 1 rings (SSSR count). The van der Waals surface area contributed by atoms with Crippen molar-refractivity contribution < 1.29 is 0 Å². The summed E-state index contributed by atoms with van der Waals surface area (Å²) in [6, 6.07) is 6.59. The van der Waals surface area contributed by atoms with E-state index in [-0.39, 0.29) is 6.04 Å². The van der Waals surface area contributed by atoms with Crippen LogP contribution in [-0.2, 0) is 0 Å². The third-order valence-electron chi connectivity index (χ3n) is 3.12. The molecule has 0 aliphatic heterocycles. The minimum absolute atomic E-state index is 0.181. The largest absolute Gasteiger partial charge is 0.324 e. The van der Waals surface area contributed by atoms with Gasteiger partial charge in [0.25, 0.3) is 0 Å². The first-order chi connectivity index (χ1) is 7.31. The van der Waals surface area contributed by atoms with Gasteiger partial charge < -0.3 is 5.73 Å². The molecule has 90 valence electrons. The van der Waals surface area contributed by atoms with Gasteiger partial charge in [-0.15, -0.1) is 0 Å². The van der Waals surface area contributed by atoms with Crippen molar-refractivity contribution in [2.45, 2.75) is 53.5 Å². The highest BCUT2D eigenvalue weighted by Gasteiger charge is 2.16. The van der Waals surface area contributed by atoms with Gasteiger partial charge in [0, 0.05) is 6.04 Å². The van der Waals surface area contributed by atoms with Gasteiger partial charge >= 0.3 is 0 Å². The van der Waals surface area contributed by atoms with E-state index in [2.05, 4.69) is 52.8 Å². The standard InChI is InChI=1S/C15H25N/c1-11-7-6-8-12(2)14(11)13(16)9-10-15(3,4)5/h6-8,13H,9-10,16H2,1-5H3. The van der Waals surface area contributed by atoms with Gasteiger partial charge in [-0.3, -0.25) is 0 Å². The van der Waals surface area contributed by atoms with Gasteiger partial charge in [0.05, 0.1) is 0 Å². The molecule has 0 spiro atoms. The smallest absolute Gasteiger partial charge is 0.0300 e. The molecule has 2 N–H and O–H groups in total. The summed E-state index contributed by atoms with van der Waals surface area (Å²) in [5, 5.41) is 0. The van der Waals surface area contributed by atoms with Crippen molar-refractivity contribution in [3.63, 3.8) is 0 Å². The van der Waals surface area contributed by atoms with Gasteiger partial charge in [-0.25, -0.2) is 0 Å². The first kappa shape index (κ1) is 13.2. The van der Waals surface area contributed by atoms with E-state index in [0.717, 1.165) is 6.42 Å². The lowest BCUT2D eigenvalue weighted by molar-refractivity contribution is 0.349. The zero-order valence-electron chi connectivity index (χ0n) is 11.3. The highest BCUT2D eigenvalue weighted by molar-refractivity contribution is 5.35. The van der Waals surface area contributed by atoms with E-state index >= 15 is 0 Å². The van der Waals surface area contributed by atoms with E-state index in [1.807, 2.05) is 0 Å². The Morgan fingerprint density at radius 2 is 1.62 bits per heavy atom. The lowest BCUT2D eigenvalue weighted by Gasteiger charge is -2.23. The van der Waals surface area contributed by atoms with Crippen LogP contribution >= 0.6 is 0 Å². The molecule has 16 heavy (non-hydrogen) atoms. The zero-order chi connectivity index (χ0) is 12.3. The summed E-state index contributed by atoms with van der Waals surface area (Å²) in [7, 11) is 0. The Balaban J connectivity index is 2.77. The monoisotopic (exact) mass is 219 g/mol. The second-order valence-electron chi connectivity index (χ2n) is 6.01. The Kier molecular flexibility index (Phi) is 4.15. The lowest BCUT2D eigenvalue weighted by atomic mass is 9.85. The molecule has 0 amide bonds. The predicted molar refractivity (Wildman–Crippen MR) is 71.5 cm³/mol. The van der Waals surface area contributed by atoms with Crippen LogP contribution in [0, 0.1) is 19.3 Å². The molecule has 0 aliphatic rings. The Morgan fingerprint density at radius 3 is 2.06 bits per heavy atom. The van der Waals surface area contributed by atoms with Crippen molar-refractivity contribution in [2.24, 2.45) is 11.1 Å². The summed E-state index contributed by atoms with van der Waals surface area (Å²) in [4.78, 5) is 0. The maximum absolute atomic E-state index is 6.30. The van der Waals surface area contributed by atoms with E-state index in [9.17, 15) is 0 Å². The Morgan fingerprint density at radius 1 is 1.12 bits per heavy atom. The topological polar surface area (TPSA) is 26.0 Å². The molecule has 0 radical (unpaired) electrons. The molecule has 1 nitrogen and oxygen atoms in total. The zero-order valence-corrected chi connectivity index (χ0v) is 11.3. The third-order valence-corrected chi connectivity index (χ3v) is 3.12. The first-order valence-corrected chi connectivity index (χ1v) is 6.13. The molecule has 1 aromatic rings. The average molecular weight is 219 g/mol. The van der Waals surface area contributed by atoms with E-state index in [0.29, 0.717) is 5.41 Å². The summed E-state index contributed by atoms with van der Waals surface area (Å²) in [6.45, 7) is 11.1. The van der Waals surface area contributed by atoms with Crippen molar-refractivity contribution in [3.8, 4) is 0 Å². The van der Waals surface area contributed by atoms with Gasteiger partial charge in [0.15, 0.2) is 0 Å². The SMILES string of the molecule is Cc1cccc(C)c1C(N)CCC(C)(C)C. The number of hydrogen-bond acceptors (Lipinski definition) is 1. The van der Waals surface area contributed by atoms with Crippen molar-refractivity contribution in [1.82, 2.24) is 0 Å². The summed E-state index contributed by atoms with van der Waals surface area (Å²) >= 11 is 0. The quantitative estimate of drug-likeness (QED) is 0.812. The summed E-state index contributed by atoms with van der Waals surface area (Å²) in [5.41, 5.74) is 10.7. The van der Waals surface area contributed by atoms with Gasteiger partial charge in [-0.1, -0.05) is 39.0 Å². The van der Waals surface area contributed by atoms with Crippen molar-refractivity contribution >= 4 is 0 Å². The highest BCUT2D eigenvalue weighted by atomic mass is 14.6.